The van der Waals surface area contributed by atoms with Crippen LogP contribution < -0.4 is 4.90 Å². The van der Waals surface area contributed by atoms with Crippen molar-refractivity contribution in [1.29, 1.82) is 0 Å². The van der Waals surface area contributed by atoms with Crippen molar-refractivity contribution in [1.82, 2.24) is 25.2 Å². The van der Waals surface area contributed by atoms with Crippen LogP contribution >= 0.6 is 11.3 Å². The Balaban J connectivity index is 1.55. The highest BCUT2D eigenvalue weighted by molar-refractivity contribution is 7.16. The monoisotopic (exact) mass is 476 g/mol. The van der Waals surface area contributed by atoms with Crippen LogP contribution in [0.4, 0.5) is 5.13 Å². The predicted octanol–water partition coefficient (Wildman–Crippen LogP) is 3.42. The van der Waals surface area contributed by atoms with Gasteiger partial charge in [-0.15, -0.1) is 16.4 Å². The van der Waals surface area contributed by atoms with Gasteiger partial charge >= 0.3 is 5.97 Å². The molecule has 0 aliphatic carbocycles. The normalized spacial score (nSPS) is 10.8. The van der Waals surface area contributed by atoms with Crippen molar-refractivity contribution in [3.63, 3.8) is 0 Å². The maximum atomic E-state index is 13.4. The van der Waals surface area contributed by atoms with E-state index < -0.39 is 5.97 Å². The van der Waals surface area contributed by atoms with Crippen molar-refractivity contribution in [3.05, 3.63) is 82.6 Å². The average molecular weight is 477 g/mol. The molecule has 0 radical (unpaired) electrons. The van der Waals surface area contributed by atoms with Gasteiger partial charge in [0.15, 0.2) is 10.8 Å². The highest BCUT2D eigenvalue weighted by atomic mass is 32.1. The number of anilines is 1. The lowest BCUT2D eigenvalue weighted by Crippen LogP contribution is -2.34. The summed E-state index contributed by atoms with van der Waals surface area (Å²) in [7, 11) is 0. The van der Waals surface area contributed by atoms with Crippen LogP contribution in [-0.4, -0.2) is 50.2 Å². The number of tetrazole rings is 1. The number of carbonyl (C=O) groups is 2. The van der Waals surface area contributed by atoms with E-state index in [1.165, 1.54) is 17.7 Å². The molecule has 4 rings (SSSR count). The number of aromatic nitrogens is 5. The van der Waals surface area contributed by atoms with Gasteiger partial charge < -0.3 is 4.74 Å². The molecular weight excluding hydrogens is 452 g/mol. The number of benzene rings is 2. The highest BCUT2D eigenvalue weighted by Crippen LogP contribution is 2.27. The lowest BCUT2D eigenvalue weighted by atomic mass is 10.1. The van der Waals surface area contributed by atoms with Gasteiger partial charge in [0.25, 0.3) is 0 Å². The number of hydrogen-bond acceptors (Lipinski definition) is 8. The Morgan fingerprint density at radius 1 is 1.06 bits per heavy atom. The molecule has 0 fully saturated rings. The SMILES string of the molecule is CCOC(=O)c1nc(N(CCc2ccccc2)C(=O)Cc2ccc(-n3cnnn3)cc2)sc1C. The van der Waals surface area contributed by atoms with Crippen molar-refractivity contribution in [2.75, 3.05) is 18.1 Å². The fourth-order valence-electron chi connectivity index (χ4n) is 3.42. The smallest absolute Gasteiger partial charge is 0.358 e. The fourth-order valence-corrected chi connectivity index (χ4v) is 4.36. The molecule has 0 bridgehead atoms. The molecule has 2 aromatic heterocycles. The van der Waals surface area contributed by atoms with Gasteiger partial charge in [-0.05, 0) is 54.0 Å². The number of amides is 1. The lowest BCUT2D eigenvalue weighted by molar-refractivity contribution is -0.118. The van der Waals surface area contributed by atoms with Crippen molar-refractivity contribution in [2.45, 2.75) is 26.7 Å². The van der Waals surface area contributed by atoms with Crippen molar-refractivity contribution < 1.29 is 14.3 Å². The quantitative estimate of drug-likeness (QED) is 0.341. The summed E-state index contributed by atoms with van der Waals surface area (Å²) in [6.45, 7) is 4.27. The van der Waals surface area contributed by atoms with Crippen LogP contribution in [0.5, 0.6) is 0 Å². The Morgan fingerprint density at radius 3 is 2.50 bits per heavy atom. The van der Waals surface area contributed by atoms with E-state index in [1.54, 1.807) is 16.5 Å². The number of nitrogens with zero attached hydrogens (tertiary/aromatic N) is 6. The minimum absolute atomic E-state index is 0.102. The second kappa shape index (κ2) is 10.8. The number of ether oxygens (including phenoxy) is 1. The van der Waals surface area contributed by atoms with Gasteiger partial charge in [-0.1, -0.05) is 42.5 Å². The third-order valence-electron chi connectivity index (χ3n) is 5.16. The Labute approximate surface area is 201 Å². The maximum absolute atomic E-state index is 13.4. The second-order valence-electron chi connectivity index (χ2n) is 7.50. The van der Waals surface area contributed by atoms with Gasteiger partial charge in [-0.2, -0.15) is 0 Å². The Bertz CT molecular complexity index is 1240. The zero-order chi connectivity index (χ0) is 23.9. The molecule has 2 aromatic carbocycles. The molecule has 0 unspecified atom stereocenters. The molecule has 1 amide bonds. The van der Waals surface area contributed by atoms with E-state index in [1.807, 2.05) is 61.5 Å². The molecule has 0 atom stereocenters. The first kappa shape index (κ1) is 23.2. The summed E-state index contributed by atoms with van der Waals surface area (Å²) in [5.41, 5.74) is 3.03. The summed E-state index contributed by atoms with van der Waals surface area (Å²) in [5, 5.41) is 11.6. The van der Waals surface area contributed by atoms with Crippen LogP contribution in [-0.2, 0) is 22.4 Å². The summed E-state index contributed by atoms with van der Waals surface area (Å²) in [4.78, 5) is 32.5. The van der Waals surface area contributed by atoms with Crippen LogP contribution in [0, 0.1) is 6.92 Å². The zero-order valence-electron chi connectivity index (χ0n) is 18.9. The third kappa shape index (κ3) is 5.52. The van der Waals surface area contributed by atoms with E-state index in [4.69, 9.17) is 4.74 Å². The van der Waals surface area contributed by atoms with E-state index in [2.05, 4.69) is 20.5 Å². The summed E-state index contributed by atoms with van der Waals surface area (Å²) >= 11 is 1.32. The van der Waals surface area contributed by atoms with E-state index in [0.29, 0.717) is 18.1 Å². The van der Waals surface area contributed by atoms with Gasteiger partial charge in [0.05, 0.1) is 18.7 Å². The summed E-state index contributed by atoms with van der Waals surface area (Å²) in [6, 6.07) is 17.4. The predicted molar refractivity (Wildman–Crippen MR) is 128 cm³/mol. The van der Waals surface area contributed by atoms with E-state index >= 15 is 0 Å². The molecule has 0 N–H and O–H groups in total. The largest absolute Gasteiger partial charge is 0.461 e. The highest BCUT2D eigenvalue weighted by Gasteiger charge is 2.24. The molecule has 0 spiro atoms. The Kier molecular flexibility index (Phi) is 7.38. The van der Waals surface area contributed by atoms with Crippen LogP contribution in [0.3, 0.4) is 0 Å². The van der Waals surface area contributed by atoms with Crippen LogP contribution in [0.1, 0.15) is 33.4 Å². The van der Waals surface area contributed by atoms with Gasteiger partial charge in [-0.3, -0.25) is 9.69 Å². The average Bonchev–Trinajstić information content (AvgIpc) is 3.51. The Hall–Kier alpha value is -3.92. The first-order valence-corrected chi connectivity index (χ1v) is 11.7. The molecule has 4 aromatic rings. The lowest BCUT2D eigenvalue weighted by Gasteiger charge is -2.20. The third-order valence-corrected chi connectivity index (χ3v) is 6.15. The number of esters is 1. The molecule has 0 saturated carbocycles. The van der Waals surface area contributed by atoms with Gasteiger partial charge in [0, 0.05) is 11.4 Å². The van der Waals surface area contributed by atoms with E-state index in [9.17, 15) is 9.59 Å². The van der Waals surface area contributed by atoms with Crippen molar-refractivity contribution in [3.8, 4) is 5.69 Å². The number of aryl methyl sites for hydroxylation is 1. The fraction of sp³-hybridized carbons (Fsp3) is 0.250. The summed E-state index contributed by atoms with van der Waals surface area (Å²) in [5.74, 6) is -0.577. The minimum Gasteiger partial charge on any atom is -0.461 e. The number of carbonyl (C=O) groups excluding carboxylic acids is 2. The second-order valence-corrected chi connectivity index (χ2v) is 8.68. The number of thiazole rings is 1. The molecule has 174 valence electrons. The molecule has 34 heavy (non-hydrogen) atoms. The van der Waals surface area contributed by atoms with Crippen LogP contribution in [0.15, 0.2) is 60.9 Å². The summed E-state index contributed by atoms with van der Waals surface area (Å²) < 4.78 is 6.66. The summed E-state index contributed by atoms with van der Waals surface area (Å²) in [6.07, 6.45) is 2.37. The van der Waals surface area contributed by atoms with Crippen LogP contribution in [0.25, 0.3) is 5.69 Å². The van der Waals surface area contributed by atoms with Crippen molar-refractivity contribution >= 4 is 28.3 Å². The number of rotatable bonds is 9. The van der Waals surface area contributed by atoms with Gasteiger partial charge in [-0.25, -0.2) is 14.5 Å². The first-order valence-electron chi connectivity index (χ1n) is 10.9. The zero-order valence-corrected chi connectivity index (χ0v) is 19.7. The van der Waals surface area contributed by atoms with E-state index in [-0.39, 0.29) is 24.6 Å². The molecule has 0 saturated heterocycles. The first-order chi connectivity index (χ1) is 16.5. The van der Waals surface area contributed by atoms with Crippen molar-refractivity contribution in [2.24, 2.45) is 0 Å². The number of hydrogen-bond donors (Lipinski definition) is 0. The molecular formula is C24H24N6O3S. The molecule has 10 heteroatoms. The minimum atomic E-state index is -0.476. The van der Waals surface area contributed by atoms with E-state index in [0.717, 1.165) is 21.7 Å². The molecule has 9 nitrogen and oxygen atoms in total. The van der Waals surface area contributed by atoms with Crippen LogP contribution in [0.2, 0.25) is 0 Å². The molecule has 0 aliphatic rings. The molecule has 2 heterocycles. The Morgan fingerprint density at radius 2 is 1.82 bits per heavy atom. The van der Waals surface area contributed by atoms with Gasteiger partial charge in [0.2, 0.25) is 5.91 Å². The van der Waals surface area contributed by atoms with Gasteiger partial charge in [0.1, 0.15) is 6.33 Å². The molecule has 0 aliphatic heterocycles. The topological polar surface area (TPSA) is 103 Å². The standard InChI is InChI=1S/C24H24N6O3S/c1-3-33-23(32)22-17(2)34-24(26-22)29(14-13-18-7-5-4-6-8-18)21(31)15-19-9-11-20(12-10-19)30-16-25-27-28-30/h4-12,16H,3,13-15H2,1-2H3. The maximum Gasteiger partial charge on any atom is 0.358 e.